The van der Waals surface area contributed by atoms with E-state index in [0.29, 0.717) is 28.4 Å². The predicted octanol–water partition coefficient (Wildman–Crippen LogP) is 3.33. The highest BCUT2D eigenvalue weighted by Crippen LogP contribution is 2.35. The van der Waals surface area contributed by atoms with Crippen LogP contribution >= 0.6 is 11.6 Å². The lowest BCUT2D eigenvalue weighted by atomic mass is 10.1. The van der Waals surface area contributed by atoms with E-state index in [-0.39, 0.29) is 23.1 Å². The van der Waals surface area contributed by atoms with Crippen LogP contribution in [0.2, 0.25) is 5.02 Å². The number of ether oxygens (including phenoxy) is 1. The molecular weight excluding hydrogens is 442 g/mol. The monoisotopic (exact) mass is 465 g/mol. The fraction of sp³-hybridized carbons (Fsp3) is 0.333. The molecule has 8 nitrogen and oxygen atoms in total. The first-order chi connectivity index (χ1) is 14.5. The van der Waals surface area contributed by atoms with Gasteiger partial charge in [0, 0.05) is 23.8 Å². The van der Waals surface area contributed by atoms with Gasteiger partial charge in [-0.1, -0.05) is 24.6 Å². The van der Waals surface area contributed by atoms with Crippen molar-refractivity contribution in [1.82, 2.24) is 4.31 Å². The highest BCUT2D eigenvalue weighted by molar-refractivity contribution is 7.89. The lowest BCUT2D eigenvalue weighted by molar-refractivity contribution is -0.123. The van der Waals surface area contributed by atoms with Crippen molar-refractivity contribution in [3.8, 4) is 5.75 Å². The van der Waals surface area contributed by atoms with Gasteiger partial charge in [0.25, 0.3) is 5.91 Å². The Morgan fingerprint density at radius 3 is 2.61 bits per heavy atom. The molecule has 166 valence electrons. The molecule has 2 aromatic rings. The minimum Gasteiger partial charge on any atom is -0.478 e. The van der Waals surface area contributed by atoms with E-state index < -0.39 is 22.0 Å². The van der Waals surface area contributed by atoms with Gasteiger partial charge < -0.3 is 15.4 Å². The summed E-state index contributed by atoms with van der Waals surface area (Å²) in [5.41, 5.74) is 2.17. The zero-order valence-electron chi connectivity index (χ0n) is 17.7. The molecule has 0 aromatic heterocycles. The number of amides is 2. The smallest absolute Gasteiger partial charge is 0.265 e. The molecule has 2 aromatic carbocycles. The van der Waals surface area contributed by atoms with Crippen molar-refractivity contribution in [1.29, 1.82) is 0 Å². The third-order valence-electron chi connectivity index (χ3n) is 5.00. The molecule has 1 aliphatic rings. The lowest BCUT2D eigenvalue weighted by Gasteiger charge is -2.27. The summed E-state index contributed by atoms with van der Waals surface area (Å²) in [5.74, 6) is -0.486. The fourth-order valence-electron chi connectivity index (χ4n) is 3.20. The van der Waals surface area contributed by atoms with Crippen LogP contribution < -0.4 is 15.4 Å². The number of carbonyl (C=O) groups excluding carboxylic acids is 2. The Morgan fingerprint density at radius 1 is 1.23 bits per heavy atom. The summed E-state index contributed by atoms with van der Waals surface area (Å²) < 4.78 is 32.9. The number of anilines is 2. The first-order valence-electron chi connectivity index (χ1n) is 9.67. The molecule has 0 saturated carbocycles. The third-order valence-corrected chi connectivity index (χ3v) is 7.18. The van der Waals surface area contributed by atoms with E-state index in [1.54, 1.807) is 38.1 Å². The molecule has 0 fully saturated rings. The third kappa shape index (κ3) is 4.84. The molecule has 1 unspecified atom stereocenters. The Hall–Kier alpha value is -2.62. The van der Waals surface area contributed by atoms with Gasteiger partial charge in [0.15, 0.2) is 6.10 Å². The minimum absolute atomic E-state index is 0.00601. The van der Waals surface area contributed by atoms with E-state index in [2.05, 4.69) is 10.6 Å². The van der Waals surface area contributed by atoms with Crippen molar-refractivity contribution >= 4 is 44.8 Å². The summed E-state index contributed by atoms with van der Waals surface area (Å²) in [4.78, 5) is 24.5. The zero-order chi connectivity index (χ0) is 22.9. The van der Waals surface area contributed by atoms with Crippen LogP contribution in [0.4, 0.5) is 11.4 Å². The van der Waals surface area contributed by atoms with Gasteiger partial charge in [0.05, 0.1) is 17.1 Å². The Kier molecular flexibility index (Phi) is 6.59. The van der Waals surface area contributed by atoms with Gasteiger partial charge in [-0.05, 0) is 49.6 Å². The van der Waals surface area contributed by atoms with Gasteiger partial charge in [-0.25, -0.2) is 8.42 Å². The van der Waals surface area contributed by atoms with Gasteiger partial charge in [-0.3, -0.25) is 9.59 Å². The molecule has 0 aliphatic carbocycles. The van der Waals surface area contributed by atoms with Crippen molar-refractivity contribution in [2.75, 3.05) is 24.2 Å². The SMILES string of the molecule is CCC1Oc2cc(S(=O)(=O)N(C)CC(=O)Nc3cc(Cl)ccc3C)c(C)cc2NC1=O. The quantitative estimate of drug-likeness (QED) is 0.680. The van der Waals surface area contributed by atoms with Gasteiger partial charge in [0.2, 0.25) is 15.9 Å². The standard InChI is InChI=1S/C21H24ClN3O5S/c1-5-17-21(27)24-16-8-13(3)19(10-18(16)30-17)31(28,29)25(4)11-20(26)23-15-9-14(22)7-6-12(15)2/h6-10,17H,5,11H2,1-4H3,(H,23,26)(H,24,27). The van der Waals surface area contributed by atoms with Crippen molar-refractivity contribution in [2.45, 2.75) is 38.2 Å². The number of likely N-dealkylation sites (N-methyl/N-ethyl adjacent to an activating group) is 1. The molecule has 0 bridgehead atoms. The molecule has 1 heterocycles. The highest BCUT2D eigenvalue weighted by Gasteiger charge is 2.31. The van der Waals surface area contributed by atoms with Crippen molar-refractivity contribution in [2.24, 2.45) is 0 Å². The molecule has 31 heavy (non-hydrogen) atoms. The molecule has 0 spiro atoms. The average molecular weight is 466 g/mol. The van der Waals surface area contributed by atoms with Crippen LogP contribution in [0.5, 0.6) is 5.75 Å². The highest BCUT2D eigenvalue weighted by atomic mass is 35.5. The average Bonchev–Trinajstić information content (AvgIpc) is 2.69. The van der Waals surface area contributed by atoms with Crippen molar-refractivity contribution in [3.63, 3.8) is 0 Å². The molecule has 2 N–H and O–H groups in total. The summed E-state index contributed by atoms with van der Waals surface area (Å²) in [6, 6.07) is 8.01. The molecule has 1 atom stereocenters. The molecule has 10 heteroatoms. The van der Waals surface area contributed by atoms with Crippen LogP contribution in [0.3, 0.4) is 0 Å². The molecule has 2 amide bonds. The Balaban J connectivity index is 1.81. The molecule has 1 aliphatic heterocycles. The van der Waals surface area contributed by atoms with Crippen LogP contribution in [0.25, 0.3) is 0 Å². The Morgan fingerprint density at radius 2 is 1.94 bits per heavy atom. The van der Waals surface area contributed by atoms with Crippen LogP contribution in [-0.4, -0.2) is 44.2 Å². The zero-order valence-corrected chi connectivity index (χ0v) is 19.2. The maximum absolute atomic E-state index is 13.1. The molecule has 3 rings (SSSR count). The van der Waals surface area contributed by atoms with Crippen LogP contribution in [0, 0.1) is 13.8 Å². The largest absolute Gasteiger partial charge is 0.478 e. The van der Waals surface area contributed by atoms with E-state index in [1.807, 2.05) is 6.92 Å². The number of rotatable bonds is 6. The number of aryl methyl sites for hydroxylation is 2. The summed E-state index contributed by atoms with van der Waals surface area (Å²) in [7, 11) is -2.66. The second-order valence-corrected chi connectivity index (χ2v) is 9.84. The first kappa shape index (κ1) is 23.1. The minimum atomic E-state index is -3.99. The Labute approximate surface area is 186 Å². The maximum atomic E-state index is 13.1. The number of halogens is 1. The molecular formula is C21H24ClN3O5S. The van der Waals surface area contributed by atoms with E-state index in [0.717, 1.165) is 9.87 Å². The summed E-state index contributed by atoms with van der Waals surface area (Å²) in [5, 5.41) is 5.88. The molecule has 0 radical (unpaired) electrons. The van der Waals surface area contributed by atoms with Gasteiger partial charge >= 0.3 is 0 Å². The number of benzene rings is 2. The number of carbonyl (C=O) groups is 2. The number of hydrogen-bond donors (Lipinski definition) is 2. The number of hydrogen-bond acceptors (Lipinski definition) is 5. The number of nitrogens with zero attached hydrogens (tertiary/aromatic N) is 1. The van der Waals surface area contributed by atoms with Crippen LogP contribution in [-0.2, 0) is 19.6 Å². The van der Waals surface area contributed by atoms with Crippen molar-refractivity contribution < 1.29 is 22.7 Å². The summed E-state index contributed by atoms with van der Waals surface area (Å²) in [6.07, 6.45) is -0.236. The van der Waals surface area contributed by atoms with Crippen LogP contribution in [0.15, 0.2) is 35.2 Å². The van der Waals surface area contributed by atoms with Gasteiger partial charge in [0.1, 0.15) is 5.75 Å². The molecule has 0 saturated heterocycles. The first-order valence-corrected chi connectivity index (χ1v) is 11.5. The second kappa shape index (κ2) is 8.86. The summed E-state index contributed by atoms with van der Waals surface area (Å²) >= 11 is 5.97. The fourth-order valence-corrected chi connectivity index (χ4v) is 4.72. The lowest BCUT2D eigenvalue weighted by Crippen LogP contribution is -2.37. The van der Waals surface area contributed by atoms with E-state index in [1.165, 1.54) is 13.1 Å². The van der Waals surface area contributed by atoms with E-state index in [9.17, 15) is 18.0 Å². The summed E-state index contributed by atoms with van der Waals surface area (Å²) in [6.45, 7) is 4.84. The normalized spacial score (nSPS) is 15.8. The topological polar surface area (TPSA) is 105 Å². The number of sulfonamides is 1. The Bertz CT molecular complexity index is 1150. The maximum Gasteiger partial charge on any atom is 0.265 e. The number of nitrogens with one attached hydrogen (secondary N) is 2. The van der Waals surface area contributed by atoms with Gasteiger partial charge in [-0.15, -0.1) is 0 Å². The number of fused-ring (bicyclic) bond motifs is 1. The van der Waals surface area contributed by atoms with Crippen LogP contribution in [0.1, 0.15) is 24.5 Å². The predicted molar refractivity (Wildman–Crippen MR) is 119 cm³/mol. The second-order valence-electron chi connectivity index (χ2n) is 7.39. The van der Waals surface area contributed by atoms with E-state index >= 15 is 0 Å². The van der Waals surface area contributed by atoms with Gasteiger partial charge in [-0.2, -0.15) is 4.31 Å². The van der Waals surface area contributed by atoms with Crippen molar-refractivity contribution in [3.05, 3.63) is 46.5 Å². The van der Waals surface area contributed by atoms with E-state index in [4.69, 9.17) is 16.3 Å².